The molecule has 2 rings (SSSR count). The van der Waals surface area contributed by atoms with Crippen molar-refractivity contribution in [3.05, 3.63) is 34.9 Å². The van der Waals surface area contributed by atoms with Gasteiger partial charge in [-0.25, -0.2) is 13.6 Å². The molecule has 6 heteroatoms. The normalized spacial score (nSPS) is 15.9. The molecule has 1 heterocycles. The first-order chi connectivity index (χ1) is 11.2. The monoisotopic (exact) mass is 336 g/mol. The van der Waals surface area contributed by atoms with Gasteiger partial charge in [0.1, 0.15) is 17.2 Å². The number of hydrogen-bond acceptors (Lipinski definition) is 3. The second kappa shape index (κ2) is 7.16. The average molecular weight is 336 g/mol. The Hall–Kier alpha value is -2.16. The number of benzene rings is 1. The van der Waals surface area contributed by atoms with Crippen molar-refractivity contribution in [2.75, 3.05) is 13.1 Å². The fourth-order valence-corrected chi connectivity index (χ4v) is 2.80. The van der Waals surface area contributed by atoms with Crippen molar-refractivity contribution >= 4 is 6.09 Å². The van der Waals surface area contributed by atoms with Crippen molar-refractivity contribution < 1.29 is 18.3 Å². The van der Waals surface area contributed by atoms with Gasteiger partial charge < -0.3 is 9.64 Å². The lowest BCUT2D eigenvalue weighted by atomic mass is 9.89. The van der Waals surface area contributed by atoms with Crippen LogP contribution in [0, 0.1) is 28.9 Å². The molecule has 0 aromatic heterocycles. The first-order valence-corrected chi connectivity index (χ1v) is 8.05. The molecule has 0 spiro atoms. The number of carbonyl (C=O) groups is 1. The minimum absolute atomic E-state index is 0.0183. The zero-order valence-electron chi connectivity index (χ0n) is 14.2. The Bertz CT molecular complexity index is 631. The number of nitriles is 1. The van der Waals surface area contributed by atoms with Crippen LogP contribution in [0.1, 0.15) is 44.7 Å². The molecule has 1 fully saturated rings. The summed E-state index contributed by atoms with van der Waals surface area (Å²) in [6, 6.07) is 3.87. The highest BCUT2D eigenvalue weighted by Crippen LogP contribution is 2.26. The Balaban J connectivity index is 1.95. The van der Waals surface area contributed by atoms with E-state index in [0.717, 1.165) is 12.1 Å². The molecule has 0 atom stereocenters. The van der Waals surface area contributed by atoms with Crippen LogP contribution in [0.5, 0.6) is 0 Å². The Morgan fingerprint density at radius 3 is 2.29 bits per heavy atom. The maximum atomic E-state index is 14.0. The first-order valence-electron chi connectivity index (χ1n) is 8.05. The van der Waals surface area contributed by atoms with Gasteiger partial charge in [-0.15, -0.1) is 0 Å². The van der Waals surface area contributed by atoms with E-state index in [4.69, 9.17) is 10.00 Å². The smallest absolute Gasteiger partial charge is 0.410 e. The molecule has 1 aliphatic rings. The van der Waals surface area contributed by atoms with Crippen molar-refractivity contribution in [2.45, 2.75) is 45.6 Å². The van der Waals surface area contributed by atoms with Gasteiger partial charge in [-0.2, -0.15) is 5.26 Å². The van der Waals surface area contributed by atoms with E-state index in [9.17, 15) is 13.6 Å². The predicted molar refractivity (Wildman–Crippen MR) is 85.3 cm³/mol. The molecular formula is C18H22F2N2O2. The lowest BCUT2D eigenvalue weighted by molar-refractivity contribution is 0.0183. The Morgan fingerprint density at radius 1 is 1.29 bits per heavy atom. The highest BCUT2D eigenvalue weighted by molar-refractivity contribution is 5.68. The Kier molecular flexibility index (Phi) is 5.43. The summed E-state index contributed by atoms with van der Waals surface area (Å²) in [5.74, 6) is -1.26. The topological polar surface area (TPSA) is 53.3 Å². The van der Waals surface area contributed by atoms with Gasteiger partial charge in [-0.3, -0.25) is 0 Å². The zero-order valence-corrected chi connectivity index (χ0v) is 14.2. The molecule has 130 valence electrons. The molecule has 1 amide bonds. The fraction of sp³-hybridized carbons (Fsp3) is 0.556. The quantitative estimate of drug-likeness (QED) is 0.819. The third-order valence-corrected chi connectivity index (χ3v) is 4.03. The summed E-state index contributed by atoms with van der Waals surface area (Å²) in [5.41, 5.74) is -0.541. The van der Waals surface area contributed by atoms with E-state index in [2.05, 4.69) is 0 Å². The lowest BCUT2D eigenvalue weighted by Crippen LogP contribution is -2.42. The third kappa shape index (κ3) is 4.67. The van der Waals surface area contributed by atoms with Gasteiger partial charge in [-0.1, -0.05) is 0 Å². The molecule has 0 radical (unpaired) electrons. The second-order valence-corrected chi connectivity index (χ2v) is 7.15. The molecule has 4 nitrogen and oxygen atoms in total. The van der Waals surface area contributed by atoms with E-state index in [1.165, 1.54) is 0 Å². The molecule has 1 aliphatic heterocycles. The van der Waals surface area contributed by atoms with Gasteiger partial charge in [0.15, 0.2) is 0 Å². The molecule has 0 unspecified atom stereocenters. The Labute approximate surface area is 141 Å². The van der Waals surface area contributed by atoms with E-state index in [1.807, 2.05) is 20.8 Å². The van der Waals surface area contributed by atoms with Crippen LogP contribution in [0.25, 0.3) is 0 Å². The summed E-state index contributed by atoms with van der Waals surface area (Å²) < 4.78 is 33.3. The van der Waals surface area contributed by atoms with E-state index in [0.29, 0.717) is 25.9 Å². The number of carbonyl (C=O) groups excluding carboxylic acids is 1. The van der Waals surface area contributed by atoms with Crippen LogP contribution in [-0.4, -0.2) is 29.7 Å². The molecule has 1 saturated heterocycles. The molecule has 0 aliphatic carbocycles. The number of piperidine rings is 1. The van der Waals surface area contributed by atoms with E-state index in [-0.39, 0.29) is 29.6 Å². The second-order valence-electron chi connectivity index (χ2n) is 7.15. The third-order valence-electron chi connectivity index (χ3n) is 4.03. The van der Waals surface area contributed by atoms with Crippen LogP contribution in [0.15, 0.2) is 12.1 Å². The summed E-state index contributed by atoms with van der Waals surface area (Å²) in [4.78, 5) is 13.6. The fourth-order valence-electron chi connectivity index (χ4n) is 2.80. The van der Waals surface area contributed by atoms with Crippen molar-refractivity contribution in [1.29, 1.82) is 5.26 Å². The predicted octanol–water partition coefficient (Wildman–Crippen LogP) is 4.03. The Morgan fingerprint density at radius 2 is 1.83 bits per heavy atom. The molecule has 0 N–H and O–H groups in total. The number of rotatable bonds is 2. The van der Waals surface area contributed by atoms with Crippen LogP contribution < -0.4 is 0 Å². The van der Waals surface area contributed by atoms with Crippen LogP contribution in [0.2, 0.25) is 0 Å². The molecule has 1 aromatic rings. The van der Waals surface area contributed by atoms with Gasteiger partial charge in [0.25, 0.3) is 0 Å². The van der Waals surface area contributed by atoms with E-state index in [1.54, 1.807) is 11.0 Å². The summed E-state index contributed by atoms with van der Waals surface area (Å²) in [7, 11) is 0. The maximum Gasteiger partial charge on any atom is 0.410 e. The highest BCUT2D eigenvalue weighted by Gasteiger charge is 2.28. The largest absolute Gasteiger partial charge is 0.444 e. The van der Waals surface area contributed by atoms with Gasteiger partial charge in [-0.05, 0) is 58.1 Å². The summed E-state index contributed by atoms with van der Waals surface area (Å²) >= 11 is 0. The lowest BCUT2D eigenvalue weighted by Gasteiger charge is -2.33. The van der Waals surface area contributed by atoms with Crippen LogP contribution >= 0.6 is 0 Å². The van der Waals surface area contributed by atoms with Crippen LogP contribution in [-0.2, 0) is 11.2 Å². The number of hydrogen-bond donors (Lipinski definition) is 0. The van der Waals surface area contributed by atoms with Crippen LogP contribution in [0.4, 0.5) is 13.6 Å². The van der Waals surface area contributed by atoms with Gasteiger partial charge in [0.05, 0.1) is 11.6 Å². The molecular weight excluding hydrogens is 314 g/mol. The molecule has 0 bridgehead atoms. The number of nitrogens with zero attached hydrogens (tertiary/aromatic N) is 2. The van der Waals surface area contributed by atoms with Crippen molar-refractivity contribution in [3.63, 3.8) is 0 Å². The zero-order chi connectivity index (χ0) is 17.9. The van der Waals surface area contributed by atoms with Crippen molar-refractivity contribution in [2.24, 2.45) is 5.92 Å². The average Bonchev–Trinajstić information content (AvgIpc) is 2.49. The number of ether oxygens (including phenoxy) is 1. The summed E-state index contributed by atoms with van der Waals surface area (Å²) in [5, 5.41) is 8.73. The number of halogens is 2. The SMILES string of the molecule is CC(C)(C)OC(=O)N1CCC(Cc2c(F)cc(C#N)cc2F)CC1. The number of amides is 1. The number of likely N-dealkylation sites (tertiary alicyclic amines) is 1. The highest BCUT2D eigenvalue weighted by atomic mass is 19.1. The van der Waals surface area contributed by atoms with Gasteiger partial charge in [0.2, 0.25) is 0 Å². The minimum Gasteiger partial charge on any atom is -0.444 e. The first kappa shape index (κ1) is 18.2. The van der Waals surface area contributed by atoms with E-state index < -0.39 is 17.2 Å². The molecule has 24 heavy (non-hydrogen) atoms. The standard InChI is InChI=1S/C18H22F2N2O2/c1-18(2,3)24-17(23)22-6-4-12(5-7-22)8-14-15(19)9-13(11-21)10-16(14)20/h9-10,12H,4-8H2,1-3H3. The van der Waals surface area contributed by atoms with Gasteiger partial charge in [0, 0.05) is 18.7 Å². The van der Waals surface area contributed by atoms with Gasteiger partial charge >= 0.3 is 6.09 Å². The van der Waals surface area contributed by atoms with Crippen molar-refractivity contribution in [1.82, 2.24) is 4.90 Å². The van der Waals surface area contributed by atoms with Crippen molar-refractivity contribution in [3.8, 4) is 6.07 Å². The summed E-state index contributed by atoms with van der Waals surface area (Å²) in [6.45, 7) is 6.47. The van der Waals surface area contributed by atoms with Crippen LogP contribution in [0.3, 0.4) is 0 Å². The maximum absolute atomic E-state index is 14.0. The summed E-state index contributed by atoms with van der Waals surface area (Å²) in [6.07, 6.45) is 1.25. The molecule has 1 aromatic carbocycles. The minimum atomic E-state index is -0.680. The molecule has 0 saturated carbocycles. The van der Waals surface area contributed by atoms with E-state index >= 15 is 0 Å².